The molecule has 1 fully saturated rings. The Morgan fingerprint density at radius 3 is 2.52 bits per heavy atom. The fraction of sp³-hybridized carbons (Fsp3) is 0.562. The first-order valence-corrected chi connectivity index (χ1v) is 9.04. The molecule has 0 spiro atoms. The standard InChI is InChI=1S/C16H22N2O2S/c1-13-3-4-14(2)18(12-13)9-10-21(19,20)16-7-5-15(11-17)6-8-16/h5-8,13-14H,3-4,9-10,12H2,1-2H3. The maximum Gasteiger partial charge on any atom is 0.179 e. The maximum atomic E-state index is 12.4. The Morgan fingerprint density at radius 2 is 1.90 bits per heavy atom. The van der Waals surface area contributed by atoms with Gasteiger partial charge in [0.15, 0.2) is 9.84 Å². The van der Waals surface area contributed by atoms with Crippen molar-refractivity contribution in [3.05, 3.63) is 29.8 Å². The first-order chi connectivity index (χ1) is 9.92. The van der Waals surface area contributed by atoms with Crippen LogP contribution in [0.4, 0.5) is 0 Å². The van der Waals surface area contributed by atoms with Gasteiger partial charge in [0.2, 0.25) is 0 Å². The number of sulfone groups is 1. The van der Waals surface area contributed by atoms with Gasteiger partial charge in [-0.2, -0.15) is 5.26 Å². The van der Waals surface area contributed by atoms with Crippen LogP contribution in [-0.4, -0.2) is 38.2 Å². The van der Waals surface area contributed by atoms with Crippen LogP contribution in [0.15, 0.2) is 29.2 Å². The zero-order valence-electron chi connectivity index (χ0n) is 12.6. The summed E-state index contributed by atoms with van der Waals surface area (Å²) in [6.45, 7) is 5.94. The lowest BCUT2D eigenvalue weighted by Gasteiger charge is -2.36. The van der Waals surface area contributed by atoms with E-state index in [1.54, 1.807) is 12.1 Å². The minimum atomic E-state index is -3.28. The molecular formula is C16H22N2O2S. The molecule has 0 bridgehead atoms. The van der Waals surface area contributed by atoms with Crippen molar-refractivity contribution in [1.82, 2.24) is 4.90 Å². The van der Waals surface area contributed by atoms with Gasteiger partial charge in [0.1, 0.15) is 0 Å². The average molecular weight is 306 g/mol. The van der Waals surface area contributed by atoms with Gasteiger partial charge in [-0.05, 0) is 49.9 Å². The number of nitriles is 1. The summed E-state index contributed by atoms with van der Waals surface area (Å²) in [5.74, 6) is 0.773. The first kappa shape index (κ1) is 16.0. The van der Waals surface area contributed by atoms with E-state index in [2.05, 4.69) is 18.7 Å². The lowest BCUT2D eigenvalue weighted by atomic mass is 9.95. The van der Waals surface area contributed by atoms with Crippen LogP contribution in [0.25, 0.3) is 0 Å². The Kier molecular flexibility index (Phi) is 5.02. The molecule has 21 heavy (non-hydrogen) atoms. The Hall–Kier alpha value is -1.38. The minimum absolute atomic E-state index is 0.135. The van der Waals surface area contributed by atoms with E-state index in [0.29, 0.717) is 29.0 Å². The predicted molar refractivity (Wildman–Crippen MR) is 82.6 cm³/mol. The van der Waals surface area contributed by atoms with Gasteiger partial charge in [0.25, 0.3) is 0 Å². The number of piperidine rings is 1. The van der Waals surface area contributed by atoms with Crippen molar-refractivity contribution in [1.29, 1.82) is 5.26 Å². The van der Waals surface area contributed by atoms with E-state index < -0.39 is 9.84 Å². The number of benzene rings is 1. The van der Waals surface area contributed by atoms with Gasteiger partial charge in [-0.15, -0.1) is 0 Å². The second-order valence-electron chi connectivity index (χ2n) is 5.98. The molecule has 0 amide bonds. The molecule has 1 aliphatic heterocycles. The SMILES string of the molecule is CC1CCC(C)N(CCS(=O)(=O)c2ccc(C#N)cc2)C1. The normalized spacial score (nSPS) is 23.7. The topological polar surface area (TPSA) is 61.2 Å². The smallest absolute Gasteiger partial charge is 0.179 e. The minimum Gasteiger partial charge on any atom is -0.299 e. The Labute approximate surface area is 127 Å². The van der Waals surface area contributed by atoms with E-state index in [9.17, 15) is 8.42 Å². The molecule has 0 aromatic heterocycles. The molecule has 114 valence electrons. The highest BCUT2D eigenvalue weighted by Crippen LogP contribution is 2.21. The van der Waals surface area contributed by atoms with Crippen molar-refractivity contribution >= 4 is 9.84 Å². The van der Waals surface area contributed by atoms with Crippen molar-refractivity contribution in [2.75, 3.05) is 18.8 Å². The fourth-order valence-electron chi connectivity index (χ4n) is 2.78. The molecule has 5 heteroatoms. The van der Waals surface area contributed by atoms with Gasteiger partial charge >= 0.3 is 0 Å². The largest absolute Gasteiger partial charge is 0.299 e. The van der Waals surface area contributed by atoms with Crippen LogP contribution >= 0.6 is 0 Å². The van der Waals surface area contributed by atoms with Crippen molar-refractivity contribution in [3.8, 4) is 6.07 Å². The molecule has 2 atom stereocenters. The van der Waals surface area contributed by atoms with Gasteiger partial charge in [-0.1, -0.05) is 6.92 Å². The molecule has 0 aliphatic carbocycles. The molecular weight excluding hydrogens is 284 g/mol. The van der Waals surface area contributed by atoms with E-state index in [1.165, 1.54) is 18.6 Å². The number of rotatable bonds is 4. The quantitative estimate of drug-likeness (QED) is 0.857. The van der Waals surface area contributed by atoms with Gasteiger partial charge in [-0.3, -0.25) is 4.90 Å². The molecule has 1 heterocycles. The summed E-state index contributed by atoms with van der Waals surface area (Å²) in [6, 6.07) is 8.61. The third-order valence-electron chi connectivity index (χ3n) is 4.24. The predicted octanol–water partition coefficient (Wildman–Crippen LogP) is 2.45. The van der Waals surface area contributed by atoms with Crippen LogP contribution in [0.5, 0.6) is 0 Å². The van der Waals surface area contributed by atoms with Gasteiger partial charge in [-0.25, -0.2) is 8.42 Å². The molecule has 2 unspecified atom stereocenters. The third kappa shape index (κ3) is 4.05. The average Bonchev–Trinajstić information content (AvgIpc) is 2.48. The van der Waals surface area contributed by atoms with Crippen molar-refractivity contribution in [3.63, 3.8) is 0 Å². The lowest BCUT2D eigenvalue weighted by Crippen LogP contribution is -2.43. The second-order valence-corrected chi connectivity index (χ2v) is 8.09. The molecule has 4 nitrogen and oxygen atoms in total. The summed E-state index contributed by atoms with van der Waals surface area (Å²) in [5.41, 5.74) is 0.479. The summed E-state index contributed by atoms with van der Waals surface area (Å²) in [4.78, 5) is 2.58. The molecule has 0 N–H and O–H groups in total. The summed E-state index contributed by atoms with van der Waals surface area (Å²) in [5, 5.41) is 8.75. The Bertz CT molecular complexity index is 617. The highest BCUT2D eigenvalue weighted by Gasteiger charge is 2.24. The molecule has 2 rings (SSSR count). The van der Waals surface area contributed by atoms with Crippen molar-refractivity contribution in [2.45, 2.75) is 37.6 Å². The van der Waals surface area contributed by atoms with Crippen LogP contribution in [0.1, 0.15) is 32.3 Å². The van der Waals surface area contributed by atoms with E-state index in [-0.39, 0.29) is 5.75 Å². The molecule has 0 saturated carbocycles. The van der Waals surface area contributed by atoms with Crippen LogP contribution in [0.2, 0.25) is 0 Å². The number of nitrogens with zero attached hydrogens (tertiary/aromatic N) is 2. The maximum absolute atomic E-state index is 12.4. The summed E-state index contributed by atoms with van der Waals surface area (Å²) < 4.78 is 24.7. The fourth-order valence-corrected chi connectivity index (χ4v) is 4.04. The van der Waals surface area contributed by atoms with Gasteiger partial charge in [0, 0.05) is 19.1 Å². The van der Waals surface area contributed by atoms with Crippen LogP contribution in [0, 0.1) is 17.2 Å². The third-order valence-corrected chi connectivity index (χ3v) is 5.95. The molecule has 1 aliphatic rings. The summed E-state index contributed by atoms with van der Waals surface area (Å²) >= 11 is 0. The number of hydrogen-bond donors (Lipinski definition) is 0. The molecule has 1 aromatic carbocycles. The van der Waals surface area contributed by atoms with Crippen molar-refractivity contribution < 1.29 is 8.42 Å². The summed E-state index contributed by atoms with van der Waals surface area (Å²) in [7, 11) is -3.28. The summed E-state index contributed by atoms with van der Waals surface area (Å²) in [6.07, 6.45) is 2.36. The van der Waals surface area contributed by atoms with E-state index in [0.717, 1.165) is 13.0 Å². The monoisotopic (exact) mass is 306 g/mol. The second kappa shape index (κ2) is 6.59. The molecule has 1 aromatic rings. The molecule has 1 saturated heterocycles. The zero-order chi connectivity index (χ0) is 15.5. The number of hydrogen-bond acceptors (Lipinski definition) is 4. The van der Waals surface area contributed by atoms with E-state index in [4.69, 9.17) is 5.26 Å². The van der Waals surface area contributed by atoms with E-state index >= 15 is 0 Å². The van der Waals surface area contributed by atoms with Crippen LogP contribution in [0.3, 0.4) is 0 Å². The zero-order valence-corrected chi connectivity index (χ0v) is 13.4. The Balaban J connectivity index is 2.02. The highest BCUT2D eigenvalue weighted by molar-refractivity contribution is 7.91. The van der Waals surface area contributed by atoms with Gasteiger partial charge < -0.3 is 0 Å². The highest BCUT2D eigenvalue weighted by atomic mass is 32.2. The molecule has 0 radical (unpaired) electrons. The first-order valence-electron chi connectivity index (χ1n) is 7.39. The van der Waals surface area contributed by atoms with Crippen LogP contribution in [-0.2, 0) is 9.84 Å². The van der Waals surface area contributed by atoms with E-state index in [1.807, 2.05) is 6.07 Å². The van der Waals surface area contributed by atoms with Gasteiger partial charge in [0.05, 0.1) is 22.3 Å². The lowest BCUT2D eigenvalue weighted by molar-refractivity contribution is 0.133. The Morgan fingerprint density at radius 1 is 1.24 bits per heavy atom. The number of likely N-dealkylation sites (tertiary alicyclic amines) is 1. The van der Waals surface area contributed by atoms with Crippen molar-refractivity contribution in [2.24, 2.45) is 5.92 Å². The van der Waals surface area contributed by atoms with Crippen LogP contribution < -0.4 is 0 Å².